The van der Waals surface area contributed by atoms with Gasteiger partial charge < -0.3 is 0 Å². The third kappa shape index (κ3) is 0.752. The molecule has 1 aliphatic carbocycles. The molecule has 1 unspecified atom stereocenters. The Morgan fingerprint density at radius 3 is 2.38 bits per heavy atom. The summed E-state index contributed by atoms with van der Waals surface area (Å²) in [6.07, 6.45) is 4.39. The summed E-state index contributed by atoms with van der Waals surface area (Å²) in [5, 5.41) is 4.33. The number of hydrogen-bond donors (Lipinski definition) is 0. The topological polar surface area (TPSA) is 14.1 Å². The molecule has 2 aliphatic rings. The predicted octanol–water partition coefficient (Wildman–Crippen LogP) is 1.02. The van der Waals surface area contributed by atoms with Crippen molar-refractivity contribution in [3.8, 4) is 0 Å². The van der Waals surface area contributed by atoms with Crippen molar-refractivity contribution < 1.29 is 0 Å². The minimum atomic E-state index is 1.01. The maximum atomic E-state index is 4.33. The molecule has 1 heterocycles. The van der Waals surface area contributed by atoms with Crippen molar-refractivity contribution in [2.45, 2.75) is 19.3 Å². The van der Waals surface area contributed by atoms with E-state index in [1.807, 2.05) is 0 Å². The second-order valence-corrected chi connectivity index (χ2v) is 3.02. The van der Waals surface area contributed by atoms with Crippen molar-refractivity contribution >= 4 is 0 Å². The SMILES string of the molecule is C1CC(C2CC2)C[N]1. The van der Waals surface area contributed by atoms with E-state index < -0.39 is 0 Å². The average Bonchev–Trinajstić information content (AvgIpc) is 2.49. The third-order valence-corrected chi connectivity index (χ3v) is 2.31. The van der Waals surface area contributed by atoms with Gasteiger partial charge in [-0.25, -0.2) is 5.32 Å². The molecule has 0 aromatic heterocycles. The first-order valence-electron chi connectivity index (χ1n) is 3.60. The lowest BCUT2D eigenvalue weighted by Gasteiger charge is -2.01. The quantitative estimate of drug-likeness (QED) is 0.478. The highest BCUT2D eigenvalue weighted by atomic mass is 14.9. The minimum Gasteiger partial charge on any atom is -0.241 e. The van der Waals surface area contributed by atoms with Crippen LogP contribution in [-0.2, 0) is 0 Å². The first-order valence-corrected chi connectivity index (χ1v) is 3.60. The van der Waals surface area contributed by atoms with E-state index in [0.717, 1.165) is 18.4 Å². The molecule has 1 atom stereocenters. The molecule has 45 valence electrons. The van der Waals surface area contributed by atoms with Gasteiger partial charge in [-0.15, -0.1) is 0 Å². The molecule has 0 bridgehead atoms. The van der Waals surface area contributed by atoms with Crippen molar-refractivity contribution in [1.29, 1.82) is 0 Å². The molecule has 0 aromatic rings. The van der Waals surface area contributed by atoms with Gasteiger partial charge in [-0.05, 0) is 31.1 Å². The zero-order valence-electron chi connectivity index (χ0n) is 5.14. The maximum absolute atomic E-state index is 4.33. The molecule has 1 aliphatic heterocycles. The van der Waals surface area contributed by atoms with Gasteiger partial charge in [0.2, 0.25) is 0 Å². The summed E-state index contributed by atoms with van der Waals surface area (Å²) in [7, 11) is 0. The minimum absolute atomic E-state index is 1.01. The second kappa shape index (κ2) is 1.73. The lowest BCUT2D eigenvalue weighted by atomic mass is 10.0. The second-order valence-electron chi connectivity index (χ2n) is 3.02. The summed E-state index contributed by atoms with van der Waals surface area (Å²) in [5.74, 6) is 2.11. The molecule has 2 fully saturated rings. The summed E-state index contributed by atoms with van der Waals surface area (Å²) in [4.78, 5) is 0. The van der Waals surface area contributed by atoms with E-state index in [2.05, 4.69) is 5.32 Å². The van der Waals surface area contributed by atoms with E-state index in [0.29, 0.717) is 0 Å². The van der Waals surface area contributed by atoms with Crippen LogP contribution in [0.4, 0.5) is 0 Å². The van der Waals surface area contributed by atoms with E-state index >= 15 is 0 Å². The predicted molar refractivity (Wildman–Crippen MR) is 32.7 cm³/mol. The van der Waals surface area contributed by atoms with Gasteiger partial charge in [0.15, 0.2) is 0 Å². The lowest BCUT2D eigenvalue weighted by molar-refractivity contribution is 0.508. The highest BCUT2D eigenvalue weighted by Gasteiger charge is 2.32. The summed E-state index contributed by atoms with van der Waals surface area (Å²) in [6.45, 7) is 2.34. The van der Waals surface area contributed by atoms with Crippen molar-refractivity contribution in [3.05, 3.63) is 0 Å². The molecule has 0 aromatic carbocycles. The largest absolute Gasteiger partial charge is 0.241 e. The fourth-order valence-electron chi connectivity index (χ4n) is 1.56. The molecular weight excluding hydrogens is 98.1 g/mol. The van der Waals surface area contributed by atoms with Crippen LogP contribution >= 0.6 is 0 Å². The number of rotatable bonds is 1. The van der Waals surface area contributed by atoms with E-state index in [1.165, 1.54) is 25.8 Å². The summed E-state index contributed by atoms with van der Waals surface area (Å²) in [6, 6.07) is 0. The molecular formula is C7H12N. The highest BCUT2D eigenvalue weighted by molar-refractivity contribution is 4.85. The Hall–Kier alpha value is -0.0400. The van der Waals surface area contributed by atoms with Gasteiger partial charge >= 0.3 is 0 Å². The van der Waals surface area contributed by atoms with Crippen LogP contribution < -0.4 is 5.32 Å². The average molecular weight is 110 g/mol. The van der Waals surface area contributed by atoms with Crippen LogP contribution in [0.3, 0.4) is 0 Å². The van der Waals surface area contributed by atoms with Crippen LogP contribution in [0.1, 0.15) is 19.3 Å². The smallest absolute Gasteiger partial charge is 0.0164 e. The number of nitrogens with zero attached hydrogens (tertiary/aromatic N) is 1. The highest BCUT2D eigenvalue weighted by Crippen LogP contribution is 2.39. The van der Waals surface area contributed by atoms with E-state index in [9.17, 15) is 0 Å². The van der Waals surface area contributed by atoms with Crippen LogP contribution in [0.15, 0.2) is 0 Å². The van der Waals surface area contributed by atoms with Crippen molar-refractivity contribution in [1.82, 2.24) is 5.32 Å². The molecule has 1 saturated carbocycles. The zero-order valence-corrected chi connectivity index (χ0v) is 5.14. The number of hydrogen-bond acceptors (Lipinski definition) is 0. The monoisotopic (exact) mass is 110 g/mol. The fourth-order valence-corrected chi connectivity index (χ4v) is 1.56. The van der Waals surface area contributed by atoms with Gasteiger partial charge in [0.25, 0.3) is 0 Å². The fraction of sp³-hybridized carbons (Fsp3) is 1.00. The van der Waals surface area contributed by atoms with Crippen molar-refractivity contribution in [2.24, 2.45) is 11.8 Å². The zero-order chi connectivity index (χ0) is 5.40. The van der Waals surface area contributed by atoms with Gasteiger partial charge in [0.1, 0.15) is 0 Å². The molecule has 1 heteroatoms. The molecule has 0 N–H and O–H groups in total. The van der Waals surface area contributed by atoms with Crippen LogP contribution in [0, 0.1) is 11.8 Å². The first kappa shape index (κ1) is 4.80. The third-order valence-electron chi connectivity index (χ3n) is 2.31. The summed E-state index contributed by atoms with van der Waals surface area (Å²) < 4.78 is 0. The van der Waals surface area contributed by atoms with E-state index in [-0.39, 0.29) is 0 Å². The van der Waals surface area contributed by atoms with E-state index in [1.54, 1.807) is 0 Å². The van der Waals surface area contributed by atoms with Gasteiger partial charge in [0.05, 0.1) is 0 Å². The van der Waals surface area contributed by atoms with Gasteiger partial charge in [-0.3, -0.25) is 0 Å². The molecule has 8 heavy (non-hydrogen) atoms. The van der Waals surface area contributed by atoms with Crippen molar-refractivity contribution in [2.75, 3.05) is 13.1 Å². The Kier molecular flexibility index (Phi) is 1.04. The van der Waals surface area contributed by atoms with Gasteiger partial charge in [0, 0.05) is 13.1 Å². The standard InChI is InChI=1S/C7H12N/c1-2-6(1)7-3-4-8-5-7/h6-7H,1-5H2. The Morgan fingerprint density at radius 1 is 1.00 bits per heavy atom. The van der Waals surface area contributed by atoms with Crippen molar-refractivity contribution in [3.63, 3.8) is 0 Å². The van der Waals surface area contributed by atoms with Gasteiger partial charge in [-0.2, -0.15) is 0 Å². The van der Waals surface area contributed by atoms with Crippen LogP contribution in [0.5, 0.6) is 0 Å². The summed E-state index contributed by atoms with van der Waals surface area (Å²) in [5.41, 5.74) is 0. The first-order chi connectivity index (χ1) is 3.97. The molecule has 1 saturated heterocycles. The normalized spacial score (nSPS) is 38.2. The Labute approximate surface area is 50.5 Å². The molecule has 1 radical (unpaired) electrons. The Balaban J connectivity index is 1.86. The molecule has 0 spiro atoms. The van der Waals surface area contributed by atoms with Crippen LogP contribution in [-0.4, -0.2) is 13.1 Å². The van der Waals surface area contributed by atoms with Gasteiger partial charge in [-0.1, -0.05) is 0 Å². The van der Waals surface area contributed by atoms with E-state index in [4.69, 9.17) is 0 Å². The molecule has 2 rings (SSSR count). The maximum Gasteiger partial charge on any atom is 0.0164 e. The Bertz CT molecular complexity index is 80.4. The molecule has 0 amide bonds. The van der Waals surface area contributed by atoms with Crippen LogP contribution in [0.25, 0.3) is 0 Å². The lowest BCUT2D eigenvalue weighted by Crippen LogP contribution is -2.03. The van der Waals surface area contributed by atoms with Crippen LogP contribution in [0.2, 0.25) is 0 Å². The Morgan fingerprint density at radius 2 is 1.88 bits per heavy atom. The summed E-state index contributed by atoms with van der Waals surface area (Å²) >= 11 is 0. The molecule has 1 nitrogen and oxygen atoms in total.